The lowest BCUT2D eigenvalue weighted by Gasteiger charge is -2.41. The highest BCUT2D eigenvalue weighted by atomic mass is 32.1. The zero-order valence-electron chi connectivity index (χ0n) is 14.1. The van der Waals surface area contributed by atoms with Gasteiger partial charge in [0.2, 0.25) is 0 Å². The first-order valence-corrected chi connectivity index (χ1v) is 9.15. The van der Waals surface area contributed by atoms with Crippen molar-refractivity contribution in [2.45, 2.75) is 19.0 Å². The molecule has 9 heteroatoms. The van der Waals surface area contributed by atoms with E-state index in [9.17, 15) is 18.7 Å². The van der Waals surface area contributed by atoms with Gasteiger partial charge in [0, 0.05) is 44.2 Å². The van der Waals surface area contributed by atoms with E-state index in [2.05, 4.69) is 14.8 Å². The Hall–Kier alpha value is -2.10. The smallest absolute Gasteiger partial charge is 0.268 e. The molecule has 1 saturated heterocycles. The zero-order chi connectivity index (χ0) is 18.7. The third-order valence-electron chi connectivity index (χ3n) is 4.45. The lowest BCUT2D eigenvalue weighted by molar-refractivity contribution is 0.0996. The van der Waals surface area contributed by atoms with E-state index in [-0.39, 0.29) is 18.3 Å². The number of thiazole rings is 1. The number of aliphatic hydroxyl groups is 1. The molecular formula is C17H20F2N4O2S. The molecule has 1 aliphatic rings. The average molecular weight is 382 g/mol. The summed E-state index contributed by atoms with van der Waals surface area (Å²) in [6.45, 7) is 2.47. The Bertz CT molecular complexity index is 786. The van der Waals surface area contributed by atoms with Gasteiger partial charge in [-0.25, -0.2) is 13.8 Å². The summed E-state index contributed by atoms with van der Waals surface area (Å²) < 4.78 is 26.5. The molecule has 140 valence electrons. The fourth-order valence-corrected chi connectivity index (χ4v) is 3.94. The van der Waals surface area contributed by atoms with Crippen LogP contribution < -0.4 is 10.6 Å². The fraction of sp³-hybridized carbons (Fsp3) is 0.412. The largest absolute Gasteiger partial charge is 0.396 e. The Morgan fingerprint density at radius 2 is 2.15 bits per heavy atom. The number of nitrogens with zero attached hydrogens (tertiary/aromatic N) is 3. The van der Waals surface area contributed by atoms with Gasteiger partial charge in [-0.3, -0.25) is 9.69 Å². The predicted molar refractivity (Wildman–Crippen MR) is 95.1 cm³/mol. The van der Waals surface area contributed by atoms with Crippen LogP contribution in [0.15, 0.2) is 23.6 Å². The molecule has 1 aromatic heterocycles. The van der Waals surface area contributed by atoms with Gasteiger partial charge in [0.15, 0.2) is 16.8 Å². The number of piperazine rings is 1. The Kier molecular flexibility index (Phi) is 5.80. The van der Waals surface area contributed by atoms with Crippen LogP contribution in [0.3, 0.4) is 0 Å². The maximum Gasteiger partial charge on any atom is 0.268 e. The number of rotatable bonds is 6. The number of hydrogen-bond acceptors (Lipinski definition) is 6. The second kappa shape index (κ2) is 8.07. The molecule has 1 fully saturated rings. The van der Waals surface area contributed by atoms with E-state index in [0.29, 0.717) is 43.3 Å². The van der Waals surface area contributed by atoms with Gasteiger partial charge in [-0.05, 0) is 24.1 Å². The lowest BCUT2D eigenvalue weighted by Crippen LogP contribution is -2.53. The number of carbonyl (C=O) groups is 1. The van der Waals surface area contributed by atoms with Crippen molar-refractivity contribution in [2.24, 2.45) is 5.73 Å². The van der Waals surface area contributed by atoms with E-state index < -0.39 is 17.5 Å². The molecule has 2 aromatic rings. The zero-order valence-corrected chi connectivity index (χ0v) is 14.9. The minimum Gasteiger partial charge on any atom is -0.396 e. The monoisotopic (exact) mass is 382 g/mol. The summed E-state index contributed by atoms with van der Waals surface area (Å²) in [5.74, 6) is -2.28. The van der Waals surface area contributed by atoms with Crippen LogP contribution in [-0.4, -0.2) is 53.2 Å². The van der Waals surface area contributed by atoms with E-state index in [1.807, 2.05) is 0 Å². The molecule has 3 rings (SSSR count). The van der Waals surface area contributed by atoms with Crippen molar-refractivity contribution in [3.05, 3.63) is 46.5 Å². The molecule has 3 N–H and O–H groups in total. The van der Waals surface area contributed by atoms with Gasteiger partial charge in [0.05, 0.1) is 0 Å². The summed E-state index contributed by atoms with van der Waals surface area (Å²) in [5.41, 5.74) is 6.18. The first kappa shape index (κ1) is 18.7. The second-order valence-electron chi connectivity index (χ2n) is 6.21. The normalized spacial score (nSPS) is 18.3. The minimum absolute atomic E-state index is 0.0250. The van der Waals surface area contributed by atoms with Crippen molar-refractivity contribution in [3.63, 3.8) is 0 Å². The van der Waals surface area contributed by atoms with Crippen molar-refractivity contribution < 1.29 is 18.7 Å². The number of nitrogens with two attached hydrogens (primary N) is 1. The van der Waals surface area contributed by atoms with E-state index >= 15 is 0 Å². The second-order valence-corrected chi connectivity index (χ2v) is 7.05. The Morgan fingerprint density at radius 1 is 1.35 bits per heavy atom. The van der Waals surface area contributed by atoms with Crippen LogP contribution in [0, 0.1) is 11.6 Å². The third kappa shape index (κ3) is 4.17. The number of primary amides is 1. The Balaban J connectivity index is 1.70. The summed E-state index contributed by atoms with van der Waals surface area (Å²) in [5, 5.41) is 11.7. The van der Waals surface area contributed by atoms with Crippen molar-refractivity contribution in [1.29, 1.82) is 0 Å². The van der Waals surface area contributed by atoms with Crippen molar-refractivity contribution >= 4 is 22.4 Å². The van der Waals surface area contributed by atoms with Gasteiger partial charge in [-0.15, -0.1) is 11.3 Å². The van der Waals surface area contributed by atoms with Gasteiger partial charge >= 0.3 is 0 Å². The molecule has 1 atom stereocenters. The Labute approximate surface area is 153 Å². The van der Waals surface area contributed by atoms with Crippen molar-refractivity contribution in [1.82, 2.24) is 9.88 Å². The summed E-state index contributed by atoms with van der Waals surface area (Å²) in [7, 11) is 0. The number of aliphatic hydroxyl groups excluding tert-OH is 1. The molecule has 1 aromatic carbocycles. The summed E-state index contributed by atoms with van der Waals surface area (Å²) >= 11 is 1.35. The average Bonchev–Trinajstić information content (AvgIpc) is 3.10. The molecule has 1 aliphatic heterocycles. The lowest BCUT2D eigenvalue weighted by atomic mass is 10.1. The van der Waals surface area contributed by atoms with E-state index in [0.717, 1.165) is 6.07 Å². The number of anilines is 1. The summed E-state index contributed by atoms with van der Waals surface area (Å²) in [6.07, 6.45) is 0.550. The maximum absolute atomic E-state index is 13.4. The summed E-state index contributed by atoms with van der Waals surface area (Å²) in [4.78, 5) is 19.7. The fourth-order valence-electron chi connectivity index (χ4n) is 3.09. The van der Waals surface area contributed by atoms with Crippen molar-refractivity contribution in [2.75, 3.05) is 31.1 Å². The van der Waals surface area contributed by atoms with Crippen LogP contribution in [0.25, 0.3) is 0 Å². The summed E-state index contributed by atoms with van der Waals surface area (Å²) in [6, 6.07) is 3.93. The van der Waals surface area contributed by atoms with Crippen LogP contribution in [0.5, 0.6) is 0 Å². The van der Waals surface area contributed by atoms with Crippen LogP contribution in [0.4, 0.5) is 13.9 Å². The van der Waals surface area contributed by atoms with Crippen molar-refractivity contribution in [3.8, 4) is 0 Å². The molecule has 0 bridgehead atoms. The number of aromatic nitrogens is 1. The first-order chi connectivity index (χ1) is 12.5. The van der Waals surface area contributed by atoms with Crippen LogP contribution in [0.1, 0.15) is 22.5 Å². The molecule has 0 aliphatic carbocycles. The molecule has 6 nitrogen and oxygen atoms in total. The van der Waals surface area contributed by atoms with E-state index in [1.165, 1.54) is 17.4 Å². The number of carbonyl (C=O) groups excluding carboxylic acids is 1. The molecule has 2 heterocycles. The Morgan fingerprint density at radius 3 is 2.81 bits per heavy atom. The van der Waals surface area contributed by atoms with Crippen LogP contribution in [0.2, 0.25) is 0 Å². The predicted octanol–water partition coefficient (Wildman–Crippen LogP) is 1.59. The molecule has 0 spiro atoms. The van der Waals surface area contributed by atoms with E-state index in [1.54, 1.807) is 11.4 Å². The highest BCUT2D eigenvalue weighted by molar-refractivity contribution is 7.13. The third-order valence-corrected chi connectivity index (χ3v) is 5.35. The molecule has 0 unspecified atom stereocenters. The molecule has 1 amide bonds. The van der Waals surface area contributed by atoms with Gasteiger partial charge in [-0.2, -0.15) is 0 Å². The molecule has 0 radical (unpaired) electrons. The highest BCUT2D eigenvalue weighted by Crippen LogP contribution is 2.25. The highest BCUT2D eigenvalue weighted by Gasteiger charge is 2.28. The topological polar surface area (TPSA) is 82.7 Å². The van der Waals surface area contributed by atoms with Gasteiger partial charge in [0.25, 0.3) is 5.91 Å². The number of hydrogen-bond donors (Lipinski definition) is 2. The van der Waals surface area contributed by atoms with Gasteiger partial charge in [-0.1, -0.05) is 6.07 Å². The van der Waals surface area contributed by atoms with Gasteiger partial charge in [0.1, 0.15) is 5.69 Å². The number of benzene rings is 1. The quantitative estimate of drug-likeness (QED) is 0.793. The molecule has 26 heavy (non-hydrogen) atoms. The van der Waals surface area contributed by atoms with Crippen LogP contribution >= 0.6 is 11.3 Å². The SMILES string of the molecule is NC(=O)c1csc(N2CCN(Cc3ccc(F)c(F)c3)[C@H](CCO)C2)n1. The standard InChI is InChI=1S/C17H20F2N4O2S/c18-13-2-1-11(7-14(13)19)8-22-4-5-23(9-12(22)3-6-24)17-21-15(10-26-17)16(20)25/h1-2,7,10,12,24H,3-6,8-9H2,(H2,20,25)/t12-/m1/s1. The minimum atomic E-state index is -0.862. The molecular weight excluding hydrogens is 362 g/mol. The van der Waals surface area contributed by atoms with Crippen LogP contribution in [-0.2, 0) is 6.54 Å². The first-order valence-electron chi connectivity index (χ1n) is 8.27. The molecule has 0 saturated carbocycles. The maximum atomic E-state index is 13.4. The number of halogens is 2. The number of amides is 1. The van der Waals surface area contributed by atoms with E-state index in [4.69, 9.17) is 5.73 Å². The van der Waals surface area contributed by atoms with Gasteiger partial charge < -0.3 is 15.7 Å².